The fourth-order valence-corrected chi connectivity index (χ4v) is 2.61. The van der Waals surface area contributed by atoms with Crippen LogP contribution in [0.5, 0.6) is 11.5 Å². The summed E-state index contributed by atoms with van der Waals surface area (Å²) in [5, 5.41) is 11.0. The van der Waals surface area contributed by atoms with Gasteiger partial charge in [-0.2, -0.15) is 0 Å². The molecule has 6 nitrogen and oxygen atoms in total. The van der Waals surface area contributed by atoms with Crippen molar-refractivity contribution in [1.29, 1.82) is 0 Å². The van der Waals surface area contributed by atoms with Gasteiger partial charge >= 0.3 is 5.69 Å². The lowest BCUT2D eigenvalue weighted by molar-refractivity contribution is -0.385. The Bertz CT molecular complexity index is 771. The quantitative estimate of drug-likeness (QED) is 0.632. The molecule has 7 heteroatoms. The molecule has 0 atom stereocenters. The summed E-state index contributed by atoms with van der Waals surface area (Å²) in [7, 11) is 0. The standard InChI is InChI=1S/C17H15FN2O4/c18-13-5-8-16(15(11-13)20(22)23)24-14-6-3-12(4-7-14)17(21)19-9-1-2-10-19/h3-8,11H,1-2,9-10H2. The van der Waals surface area contributed by atoms with E-state index in [0.29, 0.717) is 11.3 Å². The van der Waals surface area contributed by atoms with E-state index in [1.165, 1.54) is 6.07 Å². The van der Waals surface area contributed by atoms with E-state index in [4.69, 9.17) is 4.74 Å². The Labute approximate surface area is 137 Å². The van der Waals surface area contributed by atoms with Crippen LogP contribution < -0.4 is 4.74 Å². The molecule has 3 rings (SSSR count). The first kappa shape index (κ1) is 15.9. The average Bonchev–Trinajstić information content (AvgIpc) is 3.11. The largest absolute Gasteiger partial charge is 0.450 e. The number of carbonyl (C=O) groups is 1. The predicted molar refractivity (Wildman–Crippen MR) is 84.7 cm³/mol. The minimum absolute atomic E-state index is 0.0354. The van der Waals surface area contributed by atoms with Gasteiger partial charge in [-0.3, -0.25) is 14.9 Å². The van der Waals surface area contributed by atoms with Gasteiger partial charge in [0.25, 0.3) is 5.91 Å². The zero-order valence-electron chi connectivity index (χ0n) is 12.8. The first-order valence-corrected chi connectivity index (χ1v) is 7.56. The highest BCUT2D eigenvalue weighted by atomic mass is 19.1. The molecule has 1 saturated heterocycles. The van der Waals surface area contributed by atoms with Gasteiger partial charge in [-0.25, -0.2) is 4.39 Å². The monoisotopic (exact) mass is 330 g/mol. The normalized spacial score (nSPS) is 13.8. The van der Waals surface area contributed by atoms with Crippen LogP contribution >= 0.6 is 0 Å². The van der Waals surface area contributed by atoms with Crippen LogP contribution in [0.15, 0.2) is 42.5 Å². The molecule has 1 fully saturated rings. The number of rotatable bonds is 4. The van der Waals surface area contributed by atoms with Crippen molar-refractivity contribution < 1.29 is 18.8 Å². The Morgan fingerprint density at radius 1 is 1.12 bits per heavy atom. The third-order valence-corrected chi connectivity index (χ3v) is 3.84. The van der Waals surface area contributed by atoms with Gasteiger partial charge < -0.3 is 9.64 Å². The van der Waals surface area contributed by atoms with Crippen LogP contribution in [0.2, 0.25) is 0 Å². The Balaban J connectivity index is 1.77. The van der Waals surface area contributed by atoms with Crippen molar-refractivity contribution >= 4 is 11.6 Å². The Morgan fingerprint density at radius 2 is 1.79 bits per heavy atom. The lowest BCUT2D eigenvalue weighted by Gasteiger charge is -2.15. The third-order valence-electron chi connectivity index (χ3n) is 3.84. The number of amides is 1. The number of halogens is 1. The van der Waals surface area contributed by atoms with Gasteiger partial charge in [0.1, 0.15) is 11.6 Å². The summed E-state index contributed by atoms with van der Waals surface area (Å²) in [6.07, 6.45) is 2.03. The van der Waals surface area contributed by atoms with Crippen LogP contribution in [0, 0.1) is 15.9 Å². The second-order valence-corrected chi connectivity index (χ2v) is 5.49. The van der Waals surface area contributed by atoms with E-state index < -0.39 is 16.4 Å². The van der Waals surface area contributed by atoms with Gasteiger partial charge in [-0.05, 0) is 49.2 Å². The molecular formula is C17H15FN2O4. The summed E-state index contributed by atoms with van der Waals surface area (Å²) < 4.78 is 18.6. The molecule has 0 aromatic heterocycles. The average molecular weight is 330 g/mol. The van der Waals surface area contributed by atoms with Gasteiger partial charge in [-0.1, -0.05) is 0 Å². The van der Waals surface area contributed by atoms with Crippen LogP contribution in [-0.2, 0) is 0 Å². The lowest BCUT2D eigenvalue weighted by Crippen LogP contribution is -2.27. The zero-order chi connectivity index (χ0) is 17.1. The second kappa shape index (κ2) is 6.66. The molecule has 0 radical (unpaired) electrons. The Morgan fingerprint density at radius 3 is 2.42 bits per heavy atom. The predicted octanol–water partition coefficient (Wildman–Crippen LogP) is 3.76. The Kier molecular flexibility index (Phi) is 4.41. The fourth-order valence-electron chi connectivity index (χ4n) is 2.61. The van der Waals surface area contributed by atoms with Crippen molar-refractivity contribution in [2.75, 3.05) is 13.1 Å². The molecule has 0 N–H and O–H groups in total. The van der Waals surface area contributed by atoms with Crippen molar-refractivity contribution in [3.8, 4) is 11.5 Å². The number of nitro groups is 1. The first-order valence-electron chi connectivity index (χ1n) is 7.56. The van der Waals surface area contributed by atoms with Crippen LogP contribution in [0.4, 0.5) is 10.1 Å². The number of benzene rings is 2. The maximum atomic E-state index is 13.1. The van der Waals surface area contributed by atoms with E-state index >= 15 is 0 Å². The van der Waals surface area contributed by atoms with E-state index in [-0.39, 0.29) is 11.7 Å². The van der Waals surface area contributed by atoms with Crippen LogP contribution in [0.3, 0.4) is 0 Å². The molecule has 0 aliphatic carbocycles. The maximum Gasteiger partial charge on any atom is 0.314 e. The minimum atomic E-state index is -0.708. The van der Waals surface area contributed by atoms with Crippen LogP contribution in [0.25, 0.3) is 0 Å². The topological polar surface area (TPSA) is 72.7 Å². The number of ether oxygens (including phenoxy) is 1. The van der Waals surface area contributed by atoms with E-state index in [2.05, 4.69) is 0 Å². The molecular weight excluding hydrogens is 315 g/mol. The highest BCUT2D eigenvalue weighted by Crippen LogP contribution is 2.32. The molecule has 0 spiro atoms. The molecule has 2 aromatic carbocycles. The van der Waals surface area contributed by atoms with Crippen molar-refractivity contribution in [2.45, 2.75) is 12.8 Å². The molecule has 0 saturated carbocycles. The smallest absolute Gasteiger partial charge is 0.314 e. The summed E-state index contributed by atoms with van der Waals surface area (Å²) in [6.45, 7) is 1.53. The molecule has 0 bridgehead atoms. The Hall–Kier alpha value is -2.96. The lowest BCUT2D eigenvalue weighted by atomic mass is 10.2. The number of hydrogen-bond acceptors (Lipinski definition) is 4. The summed E-state index contributed by atoms with van der Waals surface area (Å²) in [5.74, 6) is -0.463. The summed E-state index contributed by atoms with van der Waals surface area (Å²) in [6, 6.07) is 9.47. The van der Waals surface area contributed by atoms with Crippen molar-refractivity contribution in [2.24, 2.45) is 0 Å². The maximum absolute atomic E-state index is 13.1. The summed E-state index contributed by atoms with van der Waals surface area (Å²) >= 11 is 0. The number of likely N-dealkylation sites (tertiary alicyclic amines) is 1. The molecule has 24 heavy (non-hydrogen) atoms. The van der Waals surface area contributed by atoms with Crippen molar-refractivity contribution in [3.05, 3.63) is 64.0 Å². The van der Waals surface area contributed by atoms with Crippen molar-refractivity contribution in [3.63, 3.8) is 0 Å². The minimum Gasteiger partial charge on any atom is -0.450 e. The van der Waals surface area contributed by atoms with Gasteiger partial charge in [-0.15, -0.1) is 0 Å². The van der Waals surface area contributed by atoms with Crippen LogP contribution in [0.1, 0.15) is 23.2 Å². The van der Waals surface area contributed by atoms with Gasteiger partial charge in [0.2, 0.25) is 5.75 Å². The van der Waals surface area contributed by atoms with Gasteiger partial charge in [0.05, 0.1) is 11.0 Å². The van der Waals surface area contributed by atoms with Crippen molar-refractivity contribution in [1.82, 2.24) is 4.90 Å². The molecule has 2 aromatic rings. The highest BCUT2D eigenvalue weighted by molar-refractivity contribution is 5.94. The molecule has 124 valence electrons. The zero-order valence-corrected chi connectivity index (χ0v) is 12.8. The molecule has 1 aliphatic heterocycles. The van der Waals surface area contributed by atoms with E-state index in [1.807, 2.05) is 0 Å². The number of hydrogen-bond donors (Lipinski definition) is 0. The SMILES string of the molecule is O=C(c1ccc(Oc2ccc(F)cc2[N+](=O)[O-])cc1)N1CCCC1. The van der Waals surface area contributed by atoms with E-state index in [1.54, 1.807) is 29.2 Å². The summed E-state index contributed by atoms with van der Waals surface area (Å²) in [5.41, 5.74) is 0.0880. The molecule has 1 heterocycles. The van der Waals surface area contributed by atoms with Crippen LogP contribution in [-0.4, -0.2) is 28.8 Å². The highest BCUT2D eigenvalue weighted by Gasteiger charge is 2.20. The molecule has 1 amide bonds. The number of nitrogens with zero attached hydrogens (tertiary/aromatic N) is 2. The summed E-state index contributed by atoms with van der Waals surface area (Å²) in [4.78, 5) is 24.3. The van der Waals surface area contributed by atoms with E-state index in [9.17, 15) is 19.3 Å². The third kappa shape index (κ3) is 3.34. The first-order chi connectivity index (χ1) is 11.5. The fraction of sp³-hybridized carbons (Fsp3) is 0.235. The van der Waals surface area contributed by atoms with E-state index in [0.717, 1.165) is 38.1 Å². The second-order valence-electron chi connectivity index (χ2n) is 5.49. The van der Waals surface area contributed by atoms with Gasteiger partial charge in [0, 0.05) is 18.7 Å². The molecule has 0 unspecified atom stereocenters. The number of carbonyl (C=O) groups excluding carboxylic acids is 1. The molecule has 1 aliphatic rings. The number of nitro benzene ring substituents is 1. The van der Waals surface area contributed by atoms with Gasteiger partial charge in [0.15, 0.2) is 0 Å².